The molecule has 0 amide bonds. The SMILES string of the molecule is Cc1nnc(-c2cccc(N3CCN(CCn4c(=O)n(C)c5c4nc(N)n4nc(-c6ccco6)nc54)CC3)c2)o1. The lowest BCUT2D eigenvalue weighted by molar-refractivity contribution is 0.248. The fourth-order valence-corrected chi connectivity index (χ4v) is 5.22. The second kappa shape index (κ2) is 9.34. The number of hydrogen-bond acceptors (Lipinski definition) is 11. The van der Waals surface area contributed by atoms with Crippen LogP contribution in [0.3, 0.4) is 0 Å². The summed E-state index contributed by atoms with van der Waals surface area (Å²) in [6, 6.07) is 11.7. The number of hydrogen-bond donors (Lipinski definition) is 1. The lowest BCUT2D eigenvalue weighted by Crippen LogP contribution is -2.47. The van der Waals surface area contributed by atoms with Gasteiger partial charge in [-0.05, 0) is 30.3 Å². The molecule has 6 heterocycles. The number of imidazole rings is 1. The molecular weight excluding hydrogens is 514 g/mol. The van der Waals surface area contributed by atoms with Crippen LogP contribution in [0.25, 0.3) is 39.8 Å². The van der Waals surface area contributed by atoms with Crippen molar-refractivity contribution in [2.45, 2.75) is 13.5 Å². The van der Waals surface area contributed by atoms with E-state index >= 15 is 0 Å². The summed E-state index contributed by atoms with van der Waals surface area (Å²) in [7, 11) is 1.71. The Kier molecular flexibility index (Phi) is 5.62. The van der Waals surface area contributed by atoms with Gasteiger partial charge in [0.05, 0.1) is 6.26 Å². The van der Waals surface area contributed by atoms with Gasteiger partial charge in [0.25, 0.3) is 0 Å². The minimum atomic E-state index is -0.177. The van der Waals surface area contributed by atoms with Crippen LogP contribution in [-0.4, -0.2) is 76.5 Å². The first-order chi connectivity index (χ1) is 19.5. The van der Waals surface area contributed by atoms with Crippen LogP contribution in [0.1, 0.15) is 5.89 Å². The molecule has 1 aromatic carbocycles. The third-order valence-corrected chi connectivity index (χ3v) is 7.32. The molecule has 0 unspecified atom stereocenters. The summed E-state index contributed by atoms with van der Waals surface area (Å²) < 4.78 is 15.7. The number of anilines is 2. The first-order valence-corrected chi connectivity index (χ1v) is 13.0. The van der Waals surface area contributed by atoms with Gasteiger partial charge in [-0.15, -0.1) is 15.3 Å². The summed E-state index contributed by atoms with van der Waals surface area (Å²) in [5.74, 6) is 2.10. The van der Waals surface area contributed by atoms with E-state index in [1.807, 2.05) is 12.1 Å². The molecule has 14 nitrogen and oxygen atoms in total. The molecule has 0 radical (unpaired) electrons. The van der Waals surface area contributed by atoms with Gasteiger partial charge >= 0.3 is 5.69 Å². The number of aromatic nitrogens is 8. The zero-order valence-electron chi connectivity index (χ0n) is 22.1. The Hall–Kier alpha value is -4.98. The molecule has 0 spiro atoms. The molecule has 40 heavy (non-hydrogen) atoms. The van der Waals surface area contributed by atoms with Gasteiger partial charge in [-0.3, -0.25) is 14.0 Å². The van der Waals surface area contributed by atoms with E-state index in [1.165, 1.54) is 4.52 Å². The molecular formula is C26H27N11O3. The summed E-state index contributed by atoms with van der Waals surface area (Å²) in [6.07, 6.45) is 1.55. The van der Waals surface area contributed by atoms with Crippen molar-refractivity contribution >= 4 is 28.4 Å². The second-order valence-electron chi connectivity index (χ2n) is 9.79. The lowest BCUT2D eigenvalue weighted by Gasteiger charge is -2.36. The van der Waals surface area contributed by atoms with Crippen LogP contribution in [-0.2, 0) is 13.6 Å². The summed E-state index contributed by atoms with van der Waals surface area (Å²) in [5.41, 5.74) is 9.60. The van der Waals surface area contributed by atoms with Gasteiger partial charge in [-0.2, -0.15) is 9.50 Å². The number of rotatable bonds is 6. The van der Waals surface area contributed by atoms with Gasteiger partial charge in [0.1, 0.15) is 5.52 Å². The Bertz CT molecular complexity index is 1890. The van der Waals surface area contributed by atoms with Crippen molar-refractivity contribution in [2.24, 2.45) is 7.05 Å². The third kappa shape index (κ3) is 4.00. The number of benzene rings is 1. The molecule has 204 valence electrons. The van der Waals surface area contributed by atoms with E-state index < -0.39 is 0 Å². The average Bonchev–Trinajstić information content (AvgIpc) is 3.77. The minimum Gasteiger partial charge on any atom is -0.461 e. The van der Waals surface area contributed by atoms with Crippen LogP contribution in [0.2, 0.25) is 0 Å². The highest BCUT2D eigenvalue weighted by molar-refractivity contribution is 5.88. The Morgan fingerprint density at radius 1 is 1.00 bits per heavy atom. The Morgan fingerprint density at radius 2 is 1.85 bits per heavy atom. The molecule has 1 aliphatic heterocycles. The molecule has 0 aliphatic carbocycles. The van der Waals surface area contributed by atoms with E-state index in [-0.39, 0.29) is 11.6 Å². The van der Waals surface area contributed by atoms with E-state index in [1.54, 1.807) is 41.5 Å². The zero-order chi connectivity index (χ0) is 27.4. The van der Waals surface area contributed by atoms with E-state index in [0.29, 0.717) is 53.3 Å². The number of nitrogen functional groups attached to an aromatic ring is 1. The van der Waals surface area contributed by atoms with E-state index in [4.69, 9.17) is 14.6 Å². The number of fused-ring (bicyclic) bond motifs is 3. The maximum Gasteiger partial charge on any atom is 0.330 e. The fourth-order valence-electron chi connectivity index (χ4n) is 5.22. The summed E-state index contributed by atoms with van der Waals surface area (Å²) in [4.78, 5) is 27.1. The monoisotopic (exact) mass is 541 g/mol. The van der Waals surface area contributed by atoms with Crippen molar-refractivity contribution in [1.29, 1.82) is 0 Å². The summed E-state index contributed by atoms with van der Waals surface area (Å²) >= 11 is 0. The van der Waals surface area contributed by atoms with Crippen molar-refractivity contribution in [1.82, 2.24) is 43.8 Å². The van der Waals surface area contributed by atoms with E-state index in [9.17, 15) is 4.79 Å². The van der Waals surface area contributed by atoms with Crippen LogP contribution in [0.5, 0.6) is 0 Å². The molecule has 2 N–H and O–H groups in total. The Morgan fingerprint density at radius 3 is 2.60 bits per heavy atom. The molecule has 0 bridgehead atoms. The fraction of sp³-hybridized carbons (Fsp3) is 0.308. The predicted molar refractivity (Wildman–Crippen MR) is 147 cm³/mol. The van der Waals surface area contributed by atoms with Crippen molar-refractivity contribution in [3.8, 4) is 23.0 Å². The van der Waals surface area contributed by atoms with Crippen molar-refractivity contribution in [3.63, 3.8) is 0 Å². The second-order valence-corrected chi connectivity index (χ2v) is 9.79. The quantitative estimate of drug-likeness (QED) is 0.328. The Balaban J connectivity index is 1.08. The molecule has 0 saturated carbocycles. The number of furan rings is 1. The van der Waals surface area contributed by atoms with Crippen LogP contribution in [0.15, 0.2) is 56.3 Å². The molecule has 1 aliphatic rings. The largest absolute Gasteiger partial charge is 0.461 e. The number of aryl methyl sites for hydroxylation is 2. The van der Waals surface area contributed by atoms with Crippen molar-refractivity contribution in [3.05, 3.63) is 59.0 Å². The number of piperazine rings is 1. The molecule has 0 atom stereocenters. The van der Waals surface area contributed by atoms with Crippen molar-refractivity contribution < 1.29 is 8.83 Å². The summed E-state index contributed by atoms with van der Waals surface area (Å²) in [6.45, 7) is 6.40. The lowest BCUT2D eigenvalue weighted by atomic mass is 10.1. The first-order valence-electron chi connectivity index (χ1n) is 13.0. The predicted octanol–water partition coefficient (Wildman–Crippen LogP) is 1.80. The van der Waals surface area contributed by atoms with Crippen molar-refractivity contribution in [2.75, 3.05) is 43.4 Å². The summed E-state index contributed by atoms with van der Waals surface area (Å²) in [5, 5.41) is 12.5. The van der Waals surface area contributed by atoms with Crippen LogP contribution >= 0.6 is 0 Å². The first kappa shape index (κ1) is 24.1. The highest BCUT2D eigenvalue weighted by Crippen LogP contribution is 2.25. The smallest absolute Gasteiger partial charge is 0.330 e. The van der Waals surface area contributed by atoms with Crippen LogP contribution < -0.4 is 16.3 Å². The van der Waals surface area contributed by atoms with E-state index in [2.05, 4.69) is 47.2 Å². The number of nitrogens with two attached hydrogens (primary N) is 1. The molecule has 1 saturated heterocycles. The van der Waals surface area contributed by atoms with Gasteiger partial charge < -0.3 is 19.5 Å². The zero-order valence-corrected chi connectivity index (χ0v) is 22.1. The molecule has 5 aromatic heterocycles. The third-order valence-electron chi connectivity index (χ3n) is 7.32. The van der Waals surface area contributed by atoms with Gasteiger partial charge in [0.2, 0.25) is 23.6 Å². The highest BCUT2D eigenvalue weighted by atomic mass is 16.4. The van der Waals surface area contributed by atoms with Gasteiger partial charge in [-0.1, -0.05) is 6.07 Å². The average molecular weight is 542 g/mol. The molecule has 6 aromatic rings. The molecule has 14 heteroatoms. The molecule has 7 rings (SSSR count). The topological polar surface area (TPSA) is 155 Å². The highest BCUT2D eigenvalue weighted by Gasteiger charge is 2.23. The van der Waals surface area contributed by atoms with Gasteiger partial charge in [0.15, 0.2) is 17.1 Å². The van der Waals surface area contributed by atoms with E-state index in [0.717, 1.165) is 37.4 Å². The maximum atomic E-state index is 13.3. The minimum absolute atomic E-state index is 0.152. The standard InChI is InChI=1S/C26H27N11O3/c1-16-30-31-24(40-16)17-5-3-6-18(15-17)35-11-8-34(9-12-35)10-13-36-22-20(33(2)26(36)38)23-28-21(19-7-4-14-39-19)32-37(23)25(27)29-22/h3-7,14-15H,8-13H2,1-2H3,(H2,27,29). The van der Waals surface area contributed by atoms with Crippen LogP contribution in [0, 0.1) is 6.92 Å². The van der Waals surface area contributed by atoms with Gasteiger partial charge in [-0.25, -0.2) is 9.78 Å². The molecule has 1 fully saturated rings. The number of nitrogens with zero attached hydrogens (tertiary/aromatic N) is 10. The van der Waals surface area contributed by atoms with Gasteiger partial charge in [0, 0.05) is 64.5 Å². The van der Waals surface area contributed by atoms with Crippen LogP contribution in [0.4, 0.5) is 11.6 Å². The Labute approximate surface area is 227 Å². The normalized spacial score (nSPS) is 14.6. The maximum absolute atomic E-state index is 13.3.